The van der Waals surface area contributed by atoms with Crippen LogP contribution >= 0.6 is 11.6 Å². The summed E-state index contributed by atoms with van der Waals surface area (Å²) in [5.41, 5.74) is 2.47. The Kier molecular flexibility index (Phi) is 2.68. The number of benzene rings is 2. The second kappa shape index (κ2) is 4.35. The Balaban J connectivity index is 2.15. The Morgan fingerprint density at radius 3 is 2.61 bits per heavy atom. The topological polar surface area (TPSA) is 37.8 Å². The average molecular weight is 259 g/mol. The number of hydrogen-bond donors (Lipinski definition) is 1. The molecule has 0 radical (unpaired) electrons. The van der Waals surface area contributed by atoms with Gasteiger partial charge >= 0.3 is 5.69 Å². The Morgan fingerprint density at radius 1 is 1.06 bits per heavy atom. The average Bonchev–Trinajstić information content (AvgIpc) is 2.70. The molecule has 1 aromatic heterocycles. The van der Waals surface area contributed by atoms with Crippen LogP contribution in [-0.4, -0.2) is 9.55 Å². The van der Waals surface area contributed by atoms with Gasteiger partial charge in [0.05, 0.1) is 22.6 Å². The summed E-state index contributed by atoms with van der Waals surface area (Å²) < 4.78 is 1.69. The monoisotopic (exact) mass is 258 g/mol. The molecular formula is C14H11ClN2O. The molecule has 90 valence electrons. The van der Waals surface area contributed by atoms with Crippen LogP contribution in [0.5, 0.6) is 0 Å². The number of aromatic nitrogens is 2. The number of halogens is 1. The highest BCUT2D eigenvalue weighted by Gasteiger charge is 2.08. The maximum absolute atomic E-state index is 11.9. The van der Waals surface area contributed by atoms with Crippen molar-refractivity contribution in [1.82, 2.24) is 9.55 Å². The van der Waals surface area contributed by atoms with E-state index in [9.17, 15) is 4.79 Å². The lowest BCUT2D eigenvalue weighted by atomic mass is 10.2. The molecular weight excluding hydrogens is 248 g/mol. The van der Waals surface area contributed by atoms with Crippen LogP contribution in [0.2, 0.25) is 5.02 Å². The lowest BCUT2D eigenvalue weighted by molar-refractivity contribution is 0.787. The maximum atomic E-state index is 11.9. The molecule has 1 heterocycles. The van der Waals surface area contributed by atoms with Crippen molar-refractivity contribution in [1.29, 1.82) is 0 Å². The molecule has 0 atom stereocenters. The number of hydrogen-bond acceptors (Lipinski definition) is 1. The van der Waals surface area contributed by atoms with Crippen LogP contribution in [0.15, 0.2) is 53.3 Å². The maximum Gasteiger partial charge on any atom is 0.326 e. The molecule has 0 aliphatic carbocycles. The smallest absolute Gasteiger partial charge is 0.304 e. The fourth-order valence-electron chi connectivity index (χ4n) is 2.07. The second-order valence-corrected chi connectivity index (χ2v) is 4.54. The van der Waals surface area contributed by atoms with Gasteiger partial charge in [-0.15, -0.1) is 0 Å². The highest BCUT2D eigenvalue weighted by atomic mass is 35.5. The number of rotatable bonds is 2. The van der Waals surface area contributed by atoms with E-state index in [2.05, 4.69) is 4.98 Å². The minimum atomic E-state index is -0.137. The lowest BCUT2D eigenvalue weighted by Gasteiger charge is -2.03. The molecule has 0 unspecified atom stereocenters. The quantitative estimate of drug-likeness (QED) is 0.754. The molecule has 0 aliphatic rings. The van der Waals surface area contributed by atoms with Crippen LogP contribution in [0.4, 0.5) is 0 Å². The fourth-order valence-corrected chi connectivity index (χ4v) is 2.29. The van der Waals surface area contributed by atoms with Crippen molar-refractivity contribution >= 4 is 22.6 Å². The minimum Gasteiger partial charge on any atom is -0.304 e. The standard InChI is InChI=1S/C14H11ClN2O/c15-11-7-4-8-12-13(11)16-14(18)17(12)9-10-5-2-1-3-6-10/h1-8H,9H2,(H,16,18). The summed E-state index contributed by atoms with van der Waals surface area (Å²) in [6.07, 6.45) is 0. The van der Waals surface area contributed by atoms with Gasteiger partial charge in [-0.3, -0.25) is 4.57 Å². The Labute approximate surface area is 109 Å². The normalized spacial score (nSPS) is 10.9. The van der Waals surface area contributed by atoms with E-state index in [1.165, 1.54) is 0 Å². The van der Waals surface area contributed by atoms with E-state index in [-0.39, 0.29) is 5.69 Å². The number of imidazole rings is 1. The zero-order valence-corrected chi connectivity index (χ0v) is 10.3. The molecule has 0 saturated heterocycles. The molecule has 4 heteroatoms. The van der Waals surface area contributed by atoms with Gasteiger partial charge in [-0.25, -0.2) is 4.79 Å². The van der Waals surface area contributed by atoms with Gasteiger partial charge in [0.25, 0.3) is 0 Å². The van der Waals surface area contributed by atoms with E-state index in [1.807, 2.05) is 42.5 Å². The van der Waals surface area contributed by atoms with Gasteiger partial charge in [0, 0.05) is 0 Å². The van der Waals surface area contributed by atoms with Crippen molar-refractivity contribution in [2.75, 3.05) is 0 Å². The number of aromatic amines is 1. The highest BCUT2D eigenvalue weighted by molar-refractivity contribution is 6.34. The van der Waals surface area contributed by atoms with Crippen molar-refractivity contribution in [3.8, 4) is 0 Å². The third kappa shape index (κ3) is 1.83. The first-order valence-electron chi connectivity index (χ1n) is 5.66. The van der Waals surface area contributed by atoms with Crippen LogP contribution < -0.4 is 5.69 Å². The number of nitrogens with one attached hydrogen (secondary N) is 1. The van der Waals surface area contributed by atoms with E-state index in [4.69, 9.17) is 11.6 Å². The first kappa shape index (κ1) is 11.1. The van der Waals surface area contributed by atoms with Crippen molar-refractivity contribution in [3.63, 3.8) is 0 Å². The van der Waals surface area contributed by atoms with Crippen molar-refractivity contribution in [2.45, 2.75) is 6.54 Å². The summed E-state index contributed by atoms with van der Waals surface area (Å²) in [7, 11) is 0. The minimum absolute atomic E-state index is 0.137. The summed E-state index contributed by atoms with van der Waals surface area (Å²) >= 11 is 6.06. The van der Waals surface area contributed by atoms with Crippen LogP contribution in [0.25, 0.3) is 11.0 Å². The van der Waals surface area contributed by atoms with E-state index >= 15 is 0 Å². The van der Waals surface area contributed by atoms with Crippen LogP contribution in [0.3, 0.4) is 0 Å². The molecule has 0 fully saturated rings. The molecule has 1 N–H and O–H groups in total. The molecule has 18 heavy (non-hydrogen) atoms. The summed E-state index contributed by atoms with van der Waals surface area (Å²) in [5, 5.41) is 0.566. The van der Waals surface area contributed by atoms with Gasteiger partial charge in [-0.2, -0.15) is 0 Å². The van der Waals surface area contributed by atoms with Gasteiger partial charge in [-0.1, -0.05) is 48.0 Å². The Morgan fingerprint density at radius 2 is 1.83 bits per heavy atom. The van der Waals surface area contributed by atoms with Crippen molar-refractivity contribution in [2.24, 2.45) is 0 Å². The summed E-state index contributed by atoms with van der Waals surface area (Å²) in [5.74, 6) is 0. The third-order valence-corrected chi connectivity index (χ3v) is 3.26. The van der Waals surface area contributed by atoms with E-state index in [1.54, 1.807) is 10.6 Å². The second-order valence-electron chi connectivity index (χ2n) is 4.14. The van der Waals surface area contributed by atoms with Crippen molar-refractivity contribution < 1.29 is 0 Å². The van der Waals surface area contributed by atoms with Gasteiger partial charge in [0.2, 0.25) is 0 Å². The summed E-state index contributed by atoms with van der Waals surface area (Å²) in [4.78, 5) is 14.7. The first-order chi connectivity index (χ1) is 8.75. The number of H-pyrrole nitrogens is 1. The number of para-hydroxylation sites is 1. The predicted octanol–water partition coefficient (Wildman–Crippen LogP) is 3.03. The highest BCUT2D eigenvalue weighted by Crippen LogP contribution is 2.20. The Bertz CT molecular complexity index is 743. The molecule has 0 bridgehead atoms. The first-order valence-corrected chi connectivity index (χ1v) is 6.04. The Hall–Kier alpha value is -2.00. The van der Waals surface area contributed by atoms with Crippen LogP contribution in [-0.2, 0) is 6.54 Å². The van der Waals surface area contributed by atoms with Crippen LogP contribution in [0.1, 0.15) is 5.56 Å². The summed E-state index contributed by atoms with van der Waals surface area (Å²) in [6.45, 7) is 0.542. The largest absolute Gasteiger partial charge is 0.326 e. The number of nitrogens with zero attached hydrogens (tertiary/aromatic N) is 1. The molecule has 3 rings (SSSR count). The molecule has 0 aliphatic heterocycles. The van der Waals surface area contributed by atoms with Crippen molar-refractivity contribution in [3.05, 3.63) is 69.6 Å². The van der Waals surface area contributed by atoms with Crippen LogP contribution in [0, 0.1) is 0 Å². The fraction of sp³-hybridized carbons (Fsp3) is 0.0714. The van der Waals surface area contributed by atoms with E-state index < -0.39 is 0 Å². The molecule has 2 aromatic carbocycles. The third-order valence-electron chi connectivity index (χ3n) is 2.94. The molecule has 0 spiro atoms. The SMILES string of the molecule is O=c1[nH]c2c(Cl)cccc2n1Cc1ccccc1. The van der Waals surface area contributed by atoms with E-state index in [0.29, 0.717) is 17.1 Å². The number of fused-ring (bicyclic) bond motifs is 1. The molecule has 3 aromatic rings. The van der Waals surface area contributed by atoms with Gasteiger partial charge in [0.1, 0.15) is 0 Å². The van der Waals surface area contributed by atoms with E-state index in [0.717, 1.165) is 11.1 Å². The van der Waals surface area contributed by atoms with Gasteiger partial charge < -0.3 is 4.98 Å². The zero-order valence-electron chi connectivity index (χ0n) is 9.56. The zero-order chi connectivity index (χ0) is 12.5. The molecule has 0 saturated carbocycles. The predicted molar refractivity (Wildman–Crippen MR) is 73.1 cm³/mol. The summed E-state index contributed by atoms with van der Waals surface area (Å²) in [6, 6.07) is 15.4. The molecule has 0 amide bonds. The molecule has 3 nitrogen and oxygen atoms in total. The van der Waals surface area contributed by atoms with Gasteiger partial charge in [-0.05, 0) is 17.7 Å². The lowest BCUT2D eigenvalue weighted by Crippen LogP contribution is -2.17. The van der Waals surface area contributed by atoms with Gasteiger partial charge in [0.15, 0.2) is 0 Å².